The lowest BCUT2D eigenvalue weighted by molar-refractivity contribution is 0.839. The van der Waals surface area contributed by atoms with Crippen molar-refractivity contribution in [2.24, 2.45) is 0 Å². The molecule has 0 saturated carbocycles. The van der Waals surface area contributed by atoms with Crippen LogP contribution in [0.15, 0.2) is 266 Å². The quantitative estimate of drug-likeness (QED) is 0.142. The smallest absolute Gasteiger partial charge is 0.0726 e. The Hall–Kier alpha value is -8.46. The molecule has 0 radical (unpaired) electrons. The Bertz CT molecular complexity index is 3590. The number of hydrogen-bond acceptors (Lipinski definition) is 2. The molecule has 342 valence electrons. The minimum Gasteiger partial charge on any atom is -0.314 e. The molecule has 2 nitrogen and oxygen atoms in total. The van der Waals surface area contributed by atoms with Crippen molar-refractivity contribution in [2.45, 2.75) is 44.9 Å². The van der Waals surface area contributed by atoms with E-state index in [9.17, 15) is 0 Å². The maximum atomic E-state index is 2.53. The van der Waals surface area contributed by atoms with E-state index in [1.54, 1.807) is 0 Å². The van der Waals surface area contributed by atoms with E-state index in [4.69, 9.17) is 0 Å². The molecule has 1 unspecified atom stereocenters. The lowest BCUT2D eigenvalue weighted by atomic mass is 9.68. The van der Waals surface area contributed by atoms with Crippen LogP contribution < -0.4 is 9.80 Å². The molecule has 0 heterocycles. The molecule has 1 atom stereocenters. The Morgan fingerprint density at radius 3 is 1.83 bits per heavy atom. The first kappa shape index (κ1) is 43.8. The molecule has 2 heteroatoms. The molecule has 4 aliphatic carbocycles. The van der Waals surface area contributed by atoms with Gasteiger partial charge in [-0.15, -0.1) is 0 Å². The van der Waals surface area contributed by atoms with E-state index in [0.717, 1.165) is 54.1 Å². The van der Waals surface area contributed by atoms with Gasteiger partial charge in [-0.2, -0.15) is 0 Å². The van der Waals surface area contributed by atoms with Gasteiger partial charge < -0.3 is 9.80 Å². The summed E-state index contributed by atoms with van der Waals surface area (Å²) in [4.78, 5) is 4.95. The summed E-state index contributed by atoms with van der Waals surface area (Å²) in [5, 5.41) is 2.44. The first-order valence-corrected chi connectivity index (χ1v) is 25.4. The zero-order chi connectivity index (χ0) is 47.7. The van der Waals surface area contributed by atoms with Crippen molar-refractivity contribution in [2.75, 3.05) is 9.80 Å². The second-order valence-corrected chi connectivity index (χ2v) is 18.6. The van der Waals surface area contributed by atoms with Crippen LogP contribution in [-0.4, -0.2) is 0 Å². The lowest BCUT2D eigenvalue weighted by Gasteiger charge is -2.35. The van der Waals surface area contributed by atoms with Crippen LogP contribution in [0.25, 0.3) is 44.7 Å². The number of hydrogen-bond donors (Lipinski definition) is 0. The molecule has 0 N–H and O–H groups in total. The zero-order valence-corrected chi connectivity index (χ0v) is 40.5. The topological polar surface area (TPSA) is 6.48 Å². The summed E-state index contributed by atoms with van der Waals surface area (Å²) in [7, 11) is 0. The molecule has 1 spiro atoms. The molecule has 9 aromatic rings. The molecule has 0 saturated heterocycles. The van der Waals surface area contributed by atoms with Gasteiger partial charge in [0.2, 0.25) is 0 Å². The summed E-state index contributed by atoms with van der Waals surface area (Å²) >= 11 is 0. The highest BCUT2D eigenvalue weighted by molar-refractivity contribution is 6.07. The maximum absolute atomic E-state index is 2.53. The fourth-order valence-electron chi connectivity index (χ4n) is 11.7. The summed E-state index contributed by atoms with van der Waals surface area (Å²) in [6.07, 6.45) is 18.4. The summed E-state index contributed by atoms with van der Waals surface area (Å²) in [5.74, 6) is 0. The number of rotatable bonds is 9. The van der Waals surface area contributed by atoms with E-state index >= 15 is 0 Å². The molecular weight excluding hydrogens is 857 g/mol. The number of fused-ring (bicyclic) bond motifs is 8. The van der Waals surface area contributed by atoms with Crippen molar-refractivity contribution < 1.29 is 0 Å². The Morgan fingerprint density at radius 2 is 1.07 bits per heavy atom. The molecule has 0 fully saturated rings. The summed E-state index contributed by atoms with van der Waals surface area (Å²) in [6.45, 7) is 4.00. The number of anilines is 5. The fourth-order valence-corrected chi connectivity index (χ4v) is 11.7. The molecule has 0 bridgehead atoms. The highest BCUT2D eigenvalue weighted by Gasteiger charge is 2.51. The van der Waals surface area contributed by atoms with Crippen LogP contribution in [0.3, 0.4) is 0 Å². The van der Waals surface area contributed by atoms with Crippen molar-refractivity contribution in [3.05, 3.63) is 293 Å². The molecule has 0 amide bonds. The van der Waals surface area contributed by atoms with Crippen LogP contribution in [0, 0.1) is 0 Å². The Labute approximate surface area is 419 Å². The summed E-state index contributed by atoms with van der Waals surface area (Å²) < 4.78 is 0. The van der Waals surface area contributed by atoms with Crippen LogP contribution in [0.1, 0.15) is 67.3 Å². The number of para-hydroxylation sites is 1. The van der Waals surface area contributed by atoms with Gasteiger partial charge in [0, 0.05) is 33.8 Å². The minimum atomic E-state index is -0.565. The van der Waals surface area contributed by atoms with Gasteiger partial charge >= 0.3 is 0 Å². The van der Waals surface area contributed by atoms with Gasteiger partial charge in [0.15, 0.2) is 0 Å². The van der Waals surface area contributed by atoms with Gasteiger partial charge in [-0.25, -0.2) is 0 Å². The van der Waals surface area contributed by atoms with E-state index in [1.807, 2.05) is 13.8 Å². The minimum absolute atomic E-state index is 0.565. The van der Waals surface area contributed by atoms with Crippen LogP contribution >= 0.6 is 0 Å². The van der Waals surface area contributed by atoms with E-state index < -0.39 is 5.41 Å². The predicted molar refractivity (Wildman–Crippen MR) is 302 cm³/mol. The van der Waals surface area contributed by atoms with Gasteiger partial charge in [-0.3, -0.25) is 0 Å². The van der Waals surface area contributed by atoms with Crippen LogP contribution in [0.4, 0.5) is 28.4 Å². The molecular formula is C69H56N2. The monoisotopic (exact) mass is 912 g/mol. The highest BCUT2D eigenvalue weighted by atomic mass is 15.2. The third kappa shape index (κ3) is 7.59. The second-order valence-electron chi connectivity index (χ2n) is 18.6. The molecule has 9 aromatic carbocycles. The Balaban J connectivity index is 0.00000256. The average molecular weight is 913 g/mol. The number of allylic oxidation sites excluding steroid dienone is 9. The third-order valence-electron chi connectivity index (χ3n) is 14.8. The van der Waals surface area contributed by atoms with Crippen molar-refractivity contribution in [3.8, 4) is 22.3 Å². The van der Waals surface area contributed by atoms with Crippen LogP contribution in [0.5, 0.6) is 0 Å². The Morgan fingerprint density at radius 1 is 0.437 bits per heavy atom. The number of benzene rings is 9. The fraction of sp³-hybridized carbons (Fsp3) is 0.101. The maximum Gasteiger partial charge on any atom is 0.0726 e. The van der Waals surface area contributed by atoms with E-state index in [1.165, 1.54) is 83.3 Å². The third-order valence-corrected chi connectivity index (χ3v) is 14.8. The standard InChI is InChI=1S/C67H50N2.C2H6/c1-5-18-47(19-6-1)49-32-36-55(37-33-49)68(56-38-34-50(35-39-56)48-20-7-2-8-21-48)58-40-42-61-60-29-15-16-30-63(60)67(65(61)46-58)62-43-41-57(44-53(62)45-64(67)52-23-9-3-10-24-52)69(54-26-11-4-12-27-54)66-31-17-25-51-22-13-14-28-59(51)66;1-2/h1,3-7,9-34,36-38,40-46H,2,8,35,39H2;1-2H3. The van der Waals surface area contributed by atoms with Crippen LogP contribution in [0.2, 0.25) is 0 Å². The van der Waals surface area contributed by atoms with Crippen molar-refractivity contribution >= 4 is 50.9 Å². The second kappa shape index (κ2) is 18.8. The van der Waals surface area contributed by atoms with Crippen molar-refractivity contribution in [1.29, 1.82) is 0 Å². The number of nitrogens with zero attached hydrogens (tertiary/aromatic N) is 2. The zero-order valence-electron chi connectivity index (χ0n) is 40.5. The first-order valence-electron chi connectivity index (χ1n) is 25.4. The van der Waals surface area contributed by atoms with Gasteiger partial charge in [-0.1, -0.05) is 202 Å². The molecule has 13 rings (SSSR count). The molecule has 0 aliphatic heterocycles. The average Bonchev–Trinajstić information content (AvgIpc) is 3.95. The highest BCUT2D eigenvalue weighted by Crippen LogP contribution is 2.63. The van der Waals surface area contributed by atoms with Crippen molar-refractivity contribution in [1.82, 2.24) is 0 Å². The largest absolute Gasteiger partial charge is 0.314 e. The van der Waals surface area contributed by atoms with Gasteiger partial charge in [0.05, 0.1) is 11.1 Å². The first-order chi connectivity index (χ1) is 35.2. The molecule has 0 aromatic heterocycles. The summed E-state index contributed by atoms with van der Waals surface area (Å²) in [5.41, 5.74) is 21.9. The lowest BCUT2D eigenvalue weighted by Crippen LogP contribution is -2.27. The van der Waals surface area contributed by atoms with E-state index in [-0.39, 0.29) is 0 Å². The Kier molecular flexibility index (Phi) is 11.6. The summed E-state index contributed by atoms with van der Waals surface area (Å²) in [6, 6.07) is 80.8. The van der Waals surface area contributed by atoms with E-state index in [2.05, 4.69) is 265 Å². The van der Waals surface area contributed by atoms with Crippen LogP contribution in [-0.2, 0) is 5.41 Å². The van der Waals surface area contributed by atoms with Gasteiger partial charge in [-0.05, 0) is 165 Å². The predicted octanol–water partition coefficient (Wildman–Crippen LogP) is 18.9. The van der Waals surface area contributed by atoms with E-state index in [0.29, 0.717) is 0 Å². The van der Waals surface area contributed by atoms with Gasteiger partial charge in [0.1, 0.15) is 0 Å². The SMILES string of the molecule is C1=CC(C2=CC=C(N(c3ccc(-c4ccccc4)cc3)c3ccc4c(c3)C3(C(c5ccccc5)=Cc5cc(N(c6ccccc6)c6cccc7ccccc67)ccc53)c3ccccc3-4)CC2)=CCC1.CC. The normalized spacial score (nSPS) is 16.1. The molecule has 4 aliphatic rings. The van der Waals surface area contributed by atoms with Gasteiger partial charge in [0.25, 0.3) is 0 Å². The van der Waals surface area contributed by atoms with Crippen molar-refractivity contribution in [3.63, 3.8) is 0 Å². The molecule has 71 heavy (non-hydrogen) atoms.